The number of fused-ring (bicyclic) bond motifs is 1. The molecule has 3 aromatic rings. The van der Waals surface area contributed by atoms with Crippen LogP contribution in [0, 0.1) is 6.92 Å². The minimum atomic E-state index is 0.238. The van der Waals surface area contributed by atoms with Gasteiger partial charge in [-0.1, -0.05) is 6.92 Å². The number of aryl methyl sites for hydroxylation is 1. The number of methoxy groups -OCH3 is 1. The molecule has 2 heterocycles. The monoisotopic (exact) mass is 427 g/mol. The van der Waals surface area contributed by atoms with Crippen molar-refractivity contribution < 1.29 is 18.9 Å². The van der Waals surface area contributed by atoms with Gasteiger partial charge >= 0.3 is 0 Å². The molecular weight excluding hydrogens is 402 g/mol. The third kappa shape index (κ3) is 4.34. The lowest BCUT2D eigenvalue weighted by Crippen LogP contribution is -2.20. The van der Waals surface area contributed by atoms with Crippen molar-refractivity contribution in [2.45, 2.75) is 20.3 Å². The molecule has 2 aromatic carbocycles. The third-order valence-corrected chi connectivity index (χ3v) is 5.76. The Kier molecular flexibility index (Phi) is 6.06. The highest BCUT2D eigenvalue weighted by molar-refractivity contribution is 7.07. The molecule has 0 N–H and O–H groups in total. The number of hydrogen-bond acceptors (Lipinski definition) is 8. The number of aromatic nitrogens is 2. The lowest BCUT2D eigenvalue weighted by molar-refractivity contribution is 0.174. The van der Waals surface area contributed by atoms with Crippen molar-refractivity contribution in [2.24, 2.45) is 0 Å². The van der Waals surface area contributed by atoms with Crippen LogP contribution in [0.2, 0.25) is 0 Å². The first-order valence-electron chi connectivity index (χ1n) is 9.85. The van der Waals surface area contributed by atoms with Crippen LogP contribution in [0.25, 0.3) is 11.4 Å². The first kappa shape index (κ1) is 20.4. The molecule has 1 aromatic heterocycles. The fourth-order valence-corrected chi connectivity index (χ4v) is 3.74. The summed E-state index contributed by atoms with van der Waals surface area (Å²) in [6.45, 7) is 6.51. The lowest BCUT2D eigenvalue weighted by atomic mass is 10.0. The van der Waals surface area contributed by atoms with Crippen LogP contribution in [0.4, 0.5) is 0 Å². The second-order valence-electron chi connectivity index (χ2n) is 7.13. The van der Waals surface area contributed by atoms with Crippen molar-refractivity contribution in [1.82, 2.24) is 14.3 Å². The molecule has 8 heteroatoms. The summed E-state index contributed by atoms with van der Waals surface area (Å²) in [6, 6.07) is 9.70. The molecule has 30 heavy (non-hydrogen) atoms. The molecule has 0 bridgehead atoms. The minimum Gasteiger partial charge on any atom is -0.493 e. The number of nitrogens with zero attached hydrogens (tertiary/aromatic N) is 3. The van der Waals surface area contributed by atoms with E-state index in [2.05, 4.69) is 35.2 Å². The number of ether oxygens (including phenoxy) is 4. The largest absolute Gasteiger partial charge is 0.493 e. The molecule has 0 saturated heterocycles. The molecule has 0 unspecified atom stereocenters. The second-order valence-corrected chi connectivity index (χ2v) is 7.84. The molecular formula is C22H25N3O4S. The number of likely N-dealkylation sites (N-methyl/N-ethyl adjacent to an activating group) is 1. The molecule has 0 radical (unpaired) electrons. The van der Waals surface area contributed by atoms with Gasteiger partial charge in [0, 0.05) is 23.6 Å². The van der Waals surface area contributed by atoms with E-state index < -0.39 is 0 Å². The van der Waals surface area contributed by atoms with Gasteiger partial charge in [-0.15, -0.1) is 0 Å². The van der Waals surface area contributed by atoms with E-state index in [1.165, 1.54) is 17.1 Å². The summed E-state index contributed by atoms with van der Waals surface area (Å²) in [5.41, 5.74) is 3.26. The predicted octanol–water partition coefficient (Wildman–Crippen LogP) is 4.54. The van der Waals surface area contributed by atoms with Crippen LogP contribution in [0.1, 0.15) is 18.1 Å². The Labute approximate surface area is 180 Å². The van der Waals surface area contributed by atoms with E-state index in [4.69, 9.17) is 18.9 Å². The van der Waals surface area contributed by atoms with Gasteiger partial charge in [0.1, 0.15) is 0 Å². The maximum absolute atomic E-state index is 6.03. The van der Waals surface area contributed by atoms with Gasteiger partial charge in [0.15, 0.2) is 28.8 Å². The average Bonchev–Trinajstić information content (AvgIpc) is 3.41. The molecule has 158 valence electrons. The maximum Gasteiger partial charge on any atom is 0.299 e. The highest BCUT2D eigenvalue weighted by atomic mass is 32.1. The van der Waals surface area contributed by atoms with Gasteiger partial charge in [-0.2, -0.15) is 9.36 Å². The van der Waals surface area contributed by atoms with Crippen molar-refractivity contribution in [2.75, 3.05) is 34.0 Å². The second kappa shape index (κ2) is 8.89. The first-order chi connectivity index (χ1) is 14.6. The van der Waals surface area contributed by atoms with Gasteiger partial charge in [0.2, 0.25) is 6.79 Å². The van der Waals surface area contributed by atoms with Crippen molar-refractivity contribution in [3.8, 4) is 39.6 Å². The van der Waals surface area contributed by atoms with E-state index in [1.54, 1.807) is 7.11 Å². The molecule has 7 nitrogen and oxygen atoms in total. The molecule has 4 rings (SSSR count). The summed E-state index contributed by atoms with van der Waals surface area (Å²) in [5, 5.41) is 0.457. The lowest BCUT2D eigenvalue weighted by Gasteiger charge is -2.16. The molecule has 0 amide bonds. The van der Waals surface area contributed by atoms with Crippen LogP contribution in [0.15, 0.2) is 30.3 Å². The zero-order valence-electron chi connectivity index (χ0n) is 17.6. The topological polar surface area (TPSA) is 65.9 Å². The quantitative estimate of drug-likeness (QED) is 0.523. The van der Waals surface area contributed by atoms with E-state index in [0.29, 0.717) is 28.3 Å². The van der Waals surface area contributed by atoms with E-state index in [1.807, 2.05) is 30.3 Å². The van der Waals surface area contributed by atoms with Crippen molar-refractivity contribution in [3.63, 3.8) is 0 Å². The van der Waals surface area contributed by atoms with Gasteiger partial charge in [0.25, 0.3) is 5.19 Å². The molecule has 0 atom stereocenters. The van der Waals surface area contributed by atoms with Crippen LogP contribution >= 0.6 is 11.5 Å². The van der Waals surface area contributed by atoms with Crippen molar-refractivity contribution in [3.05, 3.63) is 41.5 Å². The molecule has 0 saturated carbocycles. The maximum atomic E-state index is 6.03. The summed E-state index contributed by atoms with van der Waals surface area (Å²) < 4.78 is 26.8. The summed E-state index contributed by atoms with van der Waals surface area (Å²) in [6.07, 6.45) is 0.958. The summed E-state index contributed by atoms with van der Waals surface area (Å²) >= 11 is 1.20. The molecule has 0 aliphatic carbocycles. The van der Waals surface area contributed by atoms with Crippen LogP contribution in [-0.2, 0) is 6.42 Å². The summed E-state index contributed by atoms with van der Waals surface area (Å²) in [5.74, 6) is 3.34. The average molecular weight is 428 g/mol. The Balaban J connectivity index is 1.52. The standard InChI is InChI=1S/C22H25N3O4S/c1-5-25(3)9-8-15-11-18(26-4)20(10-14(15)2)29-22-23-21(24-30-22)16-6-7-17-19(12-16)28-13-27-17/h6-7,10-12H,5,8-9,13H2,1-4H3. The zero-order chi connectivity index (χ0) is 21.1. The Morgan fingerprint density at radius 1 is 1.13 bits per heavy atom. The molecule has 0 fully saturated rings. The van der Waals surface area contributed by atoms with Crippen molar-refractivity contribution in [1.29, 1.82) is 0 Å². The summed E-state index contributed by atoms with van der Waals surface area (Å²) in [7, 11) is 3.77. The molecule has 0 spiro atoms. The predicted molar refractivity (Wildman–Crippen MR) is 116 cm³/mol. The SMILES string of the molecule is CCN(C)CCc1cc(OC)c(Oc2nc(-c3ccc4c(c3)OCO4)ns2)cc1C. The molecule has 1 aliphatic heterocycles. The number of hydrogen-bond donors (Lipinski definition) is 0. The highest BCUT2D eigenvalue weighted by Gasteiger charge is 2.17. The van der Waals surface area contributed by atoms with Crippen LogP contribution in [0.3, 0.4) is 0 Å². The number of rotatable bonds is 8. The van der Waals surface area contributed by atoms with Gasteiger partial charge < -0.3 is 23.8 Å². The van der Waals surface area contributed by atoms with Crippen LogP contribution in [-0.4, -0.2) is 48.3 Å². The fourth-order valence-electron chi connectivity index (χ4n) is 3.18. The minimum absolute atomic E-state index is 0.238. The van der Waals surface area contributed by atoms with Crippen molar-refractivity contribution >= 4 is 11.5 Å². The van der Waals surface area contributed by atoms with Gasteiger partial charge in [0.05, 0.1) is 7.11 Å². The van der Waals surface area contributed by atoms with Gasteiger partial charge in [-0.25, -0.2) is 0 Å². The zero-order valence-corrected chi connectivity index (χ0v) is 18.4. The number of benzene rings is 2. The Morgan fingerprint density at radius 2 is 1.97 bits per heavy atom. The van der Waals surface area contributed by atoms with E-state index >= 15 is 0 Å². The fraction of sp³-hybridized carbons (Fsp3) is 0.364. The Hall–Kier alpha value is -2.84. The van der Waals surface area contributed by atoms with E-state index in [9.17, 15) is 0 Å². The smallest absolute Gasteiger partial charge is 0.299 e. The van der Waals surface area contributed by atoms with E-state index in [0.717, 1.165) is 36.4 Å². The summed E-state index contributed by atoms with van der Waals surface area (Å²) in [4.78, 5) is 6.81. The molecule has 1 aliphatic rings. The third-order valence-electron chi connectivity index (χ3n) is 5.16. The Morgan fingerprint density at radius 3 is 2.77 bits per heavy atom. The van der Waals surface area contributed by atoms with Crippen LogP contribution in [0.5, 0.6) is 28.2 Å². The van der Waals surface area contributed by atoms with E-state index in [-0.39, 0.29) is 6.79 Å². The Bertz CT molecular complexity index is 1040. The normalized spacial score (nSPS) is 12.4. The highest BCUT2D eigenvalue weighted by Crippen LogP contribution is 2.38. The van der Waals surface area contributed by atoms with Gasteiger partial charge in [-0.05, 0) is 68.4 Å². The van der Waals surface area contributed by atoms with Crippen LogP contribution < -0.4 is 18.9 Å². The first-order valence-corrected chi connectivity index (χ1v) is 10.6. The van der Waals surface area contributed by atoms with Gasteiger partial charge in [-0.3, -0.25) is 0 Å².